The van der Waals surface area contributed by atoms with Crippen LogP contribution in [0.2, 0.25) is 0 Å². The summed E-state index contributed by atoms with van der Waals surface area (Å²) in [5, 5.41) is 24.5. The van der Waals surface area contributed by atoms with Crippen LogP contribution in [-0.2, 0) is 25.7 Å². The SMILES string of the molecule is CCc1cccc(CC)c1N1C(=O)c2ccc3c4c(ccc(c24)C1O)C(=O)N(c1c(CC)cccc1CC)C3O. The van der Waals surface area contributed by atoms with Crippen molar-refractivity contribution in [2.45, 2.75) is 65.8 Å². The minimum Gasteiger partial charge on any atom is -0.369 e. The van der Waals surface area contributed by atoms with Gasteiger partial charge in [0.25, 0.3) is 11.8 Å². The van der Waals surface area contributed by atoms with E-state index >= 15 is 0 Å². The van der Waals surface area contributed by atoms with E-state index in [4.69, 9.17) is 0 Å². The molecule has 6 heteroatoms. The van der Waals surface area contributed by atoms with Crippen LogP contribution in [-0.4, -0.2) is 22.0 Å². The highest BCUT2D eigenvalue weighted by Gasteiger charge is 2.42. The Morgan fingerprint density at radius 1 is 0.550 bits per heavy atom. The monoisotopic (exact) mass is 534 g/mol. The molecule has 40 heavy (non-hydrogen) atoms. The lowest BCUT2D eigenvalue weighted by molar-refractivity contribution is 0.0859. The summed E-state index contributed by atoms with van der Waals surface area (Å²) in [6.07, 6.45) is 0.426. The van der Waals surface area contributed by atoms with E-state index < -0.39 is 12.5 Å². The van der Waals surface area contributed by atoms with Gasteiger partial charge < -0.3 is 10.2 Å². The number of para-hydroxylation sites is 2. The molecule has 4 aromatic carbocycles. The zero-order valence-corrected chi connectivity index (χ0v) is 23.4. The van der Waals surface area contributed by atoms with E-state index in [1.54, 1.807) is 24.3 Å². The molecule has 2 heterocycles. The molecule has 2 atom stereocenters. The number of aliphatic hydroxyl groups excluding tert-OH is 2. The lowest BCUT2D eigenvalue weighted by Crippen LogP contribution is -2.42. The molecule has 6 nitrogen and oxygen atoms in total. The van der Waals surface area contributed by atoms with Crippen molar-refractivity contribution in [3.05, 3.63) is 105 Å². The average Bonchev–Trinajstić information content (AvgIpc) is 2.98. The van der Waals surface area contributed by atoms with Gasteiger partial charge in [-0.05, 0) is 60.1 Å². The van der Waals surface area contributed by atoms with Crippen molar-refractivity contribution >= 4 is 34.0 Å². The van der Waals surface area contributed by atoms with Crippen LogP contribution in [0.1, 0.15) is 94.2 Å². The quantitative estimate of drug-likeness (QED) is 0.300. The van der Waals surface area contributed by atoms with Crippen LogP contribution in [0.25, 0.3) is 10.8 Å². The second kappa shape index (κ2) is 9.88. The van der Waals surface area contributed by atoms with Crippen LogP contribution in [0.4, 0.5) is 11.4 Å². The zero-order valence-electron chi connectivity index (χ0n) is 23.4. The third-order valence-electron chi connectivity index (χ3n) is 8.58. The largest absolute Gasteiger partial charge is 0.369 e. The molecule has 0 spiro atoms. The van der Waals surface area contributed by atoms with Crippen LogP contribution >= 0.6 is 0 Å². The summed E-state index contributed by atoms with van der Waals surface area (Å²) in [5.74, 6) is -0.624. The average molecular weight is 535 g/mol. The number of benzene rings is 4. The smallest absolute Gasteiger partial charge is 0.261 e. The molecule has 0 aromatic heterocycles. The molecule has 4 aromatic rings. The second-order valence-corrected chi connectivity index (χ2v) is 10.5. The summed E-state index contributed by atoms with van der Waals surface area (Å²) in [6, 6.07) is 18.9. The number of carbonyl (C=O) groups excluding carboxylic acids is 2. The Labute approximate surface area is 234 Å². The number of rotatable bonds is 6. The Morgan fingerprint density at radius 2 is 0.875 bits per heavy atom. The van der Waals surface area contributed by atoms with Crippen molar-refractivity contribution in [1.29, 1.82) is 0 Å². The van der Waals surface area contributed by atoms with Crippen molar-refractivity contribution in [1.82, 2.24) is 0 Å². The fourth-order valence-corrected chi connectivity index (χ4v) is 6.59. The highest BCUT2D eigenvalue weighted by Crippen LogP contribution is 2.47. The standard InChI is InChI=1S/C34H34N2O4/c1-5-19-11-9-12-20(6-2)29(19)35-31(37)23-15-17-25-28-26(18-16-24(27(23)28)32(35)38)34(40)36(33(25)39)30-21(7-3)13-10-14-22(30)8-4/h9-18,31,34,37,40H,5-8H2,1-4H3. The number of hydrogen-bond donors (Lipinski definition) is 2. The number of aliphatic hydroxyl groups is 2. The van der Waals surface area contributed by atoms with Gasteiger partial charge >= 0.3 is 0 Å². The summed E-state index contributed by atoms with van der Waals surface area (Å²) in [7, 11) is 0. The summed E-state index contributed by atoms with van der Waals surface area (Å²) < 4.78 is 0. The maximum atomic E-state index is 14.1. The highest BCUT2D eigenvalue weighted by molar-refractivity contribution is 6.24. The molecule has 2 aliphatic heterocycles. The molecule has 2 N–H and O–H groups in total. The highest BCUT2D eigenvalue weighted by atomic mass is 16.3. The van der Waals surface area contributed by atoms with E-state index in [0.717, 1.165) is 59.3 Å². The third kappa shape index (κ3) is 3.56. The summed E-state index contributed by atoms with van der Waals surface area (Å²) in [6.45, 7) is 8.16. The molecule has 0 saturated heterocycles. The number of nitrogens with zero attached hydrogens (tertiary/aromatic N) is 2. The summed E-state index contributed by atoms with van der Waals surface area (Å²) >= 11 is 0. The molecule has 2 aliphatic rings. The van der Waals surface area contributed by atoms with Crippen molar-refractivity contribution in [2.24, 2.45) is 0 Å². The van der Waals surface area contributed by atoms with Gasteiger partial charge in [-0.25, -0.2) is 0 Å². The van der Waals surface area contributed by atoms with Crippen molar-refractivity contribution in [2.75, 3.05) is 9.80 Å². The number of amides is 2. The van der Waals surface area contributed by atoms with E-state index in [0.29, 0.717) is 33.0 Å². The van der Waals surface area contributed by atoms with Gasteiger partial charge in [-0.2, -0.15) is 0 Å². The van der Waals surface area contributed by atoms with Crippen LogP contribution < -0.4 is 9.80 Å². The topological polar surface area (TPSA) is 81.1 Å². The first-order valence-electron chi connectivity index (χ1n) is 14.2. The molecular formula is C34H34N2O4. The van der Waals surface area contributed by atoms with Gasteiger partial charge in [0.05, 0.1) is 11.4 Å². The Bertz CT molecular complexity index is 1520. The van der Waals surface area contributed by atoms with Gasteiger partial charge in [0.1, 0.15) is 0 Å². The van der Waals surface area contributed by atoms with Gasteiger partial charge in [0.2, 0.25) is 0 Å². The van der Waals surface area contributed by atoms with Crippen molar-refractivity contribution in [3.8, 4) is 0 Å². The van der Waals surface area contributed by atoms with Crippen LogP contribution in [0.15, 0.2) is 60.7 Å². The fourth-order valence-electron chi connectivity index (χ4n) is 6.59. The Kier molecular flexibility index (Phi) is 6.48. The number of carbonyl (C=O) groups is 2. The second-order valence-electron chi connectivity index (χ2n) is 10.5. The molecule has 0 aliphatic carbocycles. The number of aryl methyl sites for hydroxylation is 4. The third-order valence-corrected chi connectivity index (χ3v) is 8.58. The molecular weight excluding hydrogens is 500 g/mol. The molecule has 0 saturated carbocycles. The molecule has 0 fully saturated rings. The lowest BCUT2D eigenvalue weighted by atomic mass is 9.84. The Morgan fingerprint density at radius 3 is 1.18 bits per heavy atom. The molecule has 0 radical (unpaired) electrons. The first kappa shape index (κ1) is 26.2. The normalized spacial score (nSPS) is 18.1. The molecule has 2 amide bonds. The van der Waals surface area contributed by atoms with Gasteiger partial charge in [0, 0.05) is 33.0 Å². The van der Waals surface area contributed by atoms with E-state index in [1.165, 1.54) is 9.80 Å². The van der Waals surface area contributed by atoms with Crippen LogP contribution in [0.3, 0.4) is 0 Å². The number of anilines is 2. The number of hydrogen-bond acceptors (Lipinski definition) is 4. The van der Waals surface area contributed by atoms with Crippen LogP contribution in [0.5, 0.6) is 0 Å². The first-order chi connectivity index (χ1) is 19.4. The minimum absolute atomic E-state index is 0.312. The Balaban J connectivity index is 1.56. The first-order valence-corrected chi connectivity index (χ1v) is 14.2. The zero-order chi connectivity index (χ0) is 28.3. The predicted molar refractivity (Wildman–Crippen MR) is 158 cm³/mol. The van der Waals surface area contributed by atoms with E-state index in [2.05, 4.69) is 0 Å². The van der Waals surface area contributed by atoms with Crippen molar-refractivity contribution < 1.29 is 19.8 Å². The van der Waals surface area contributed by atoms with E-state index in [9.17, 15) is 19.8 Å². The van der Waals surface area contributed by atoms with Gasteiger partial charge in [0.15, 0.2) is 12.5 Å². The van der Waals surface area contributed by atoms with Gasteiger partial charge in [-0.3, -0.25) is 19.4 Å². The fraction of sp³-hybridized carbons (Fsp3) is 0.294. The molecule has 6 rings (SSSR count). The summed E-state index contributed by atoms with van der Waals surface area (Å²) in [4.78, 5) is 31.2. The maximum Gasteiger partial charge on any atom is 0.261 e. The van der Waals surface area contributed by atoms with E-state index in [-0.39, 0.29) is 11.8 Å². The molecule has 0 bridgehead atoms. The van der Waals surface area contributed by atoms with E-state index in [1.807, 2.05) is 64.1 Å². The van der Waals surface area contributed by atoms with Crippen molar-refractivity contribution in [3.63, 3.8) is 0 Å². The lowest BCUT2D eigenvalue weighted by Gasteiger charge is -2.40. The van der Waals surface area contributed by atoms with Gasteiger partial charge in [-0.15, -0.1) is 0 Å². The summed E-state index contributed by atoms with van der Waals surface area (Å²) in [5.41, 5.74) is 7.40. The predicted octanol–water partition coefficient (Wildman–Crippen LogP) is 6.39. The maximum absolute atomic E-state index is 14.1. The van der Waals surface area contributed by atoms with Crippen LogP contribution in [0, 0.1) is 0 Å². The molecule has 2 unspecified atom stereocenters. The van der Waals surface area contributed by atoms with Gasteiger partial charge in [-0.1, -0.05) is 76.2 Å². The Hall–Kier alpha value is -4.00. The molecule has 204 valence electrons. The minimum atomic E-state index is -1.22.